The minimum Gasteiger partial charge on any atom is -0.481 e. The summed E-state index contributed by atoms with van der Waals surface area (Å²) in [5.41, 5.74) is 22.9. The third-order valence-electron chi connectivity index (χ3n) is 20.1. The number of hydrogen-bond acceptors (Lipinski definition) is 22. The van der Waals surface area contributed by atoms with Crippen LogP contribution in [0, 0.1) is 11.8 Å². The Bertz CT molecular complexity index is 3600. The van der Waals surface area contributed by atoms with Crippen LogP contribution in [0.1, 0.15) is 142 Å². The number of guanidine groups is 1. The molecule has 0 radical (unpaired) electrons. The first-order valence-corrected chi connectivity index (χ1v) is 37.4. The summed E-state index contributed by atoms with van der Waals surface area (Å²) >= 11 is 0. The van der Waals surface area contributed by atoms with Crippen molar-refractivity contribution in [3.05, 3.63) is 47.8 Å². The second-order valence-corrected chi connectivity index (χ2v) is 28.2. The number of unbranched alkanes of at least 4 members (excludes halogenated alkanes) is 1. The molecule has 6 rings (SSSR count). The lowest BCUT2D eigenvalue weighted by atomic mass is 9.96. The van der Waals surface area contributed by atoms with Crippen LogP contribution in [0.2, 0.25) is 0 Å². The van der Waals surface area contributed by atoms with E-state index in [2.05, 4.69) is 68.5 Å². The van der Waals surface area contributed by atoms with Gasteiger partial charge in [-0.15, -0.1) is 5.10 Å². The molecule has 4 aliphatic heterocycles. The number of aliphatic hydroxyl groups is 2. The van der Waals surface area contributed by atoms with Crippen molar-refractivity contribution in [3.8, 4) is 0 Å². The number of aromatic nitrogens is 3. The summed E-state index contributed by atoms with van der Waals surface area (Å²) in [5.74, 6) is -16.6. The van der Waals surface area contributed by atoms with Crippen LogP contribution in [0.4, 0.5) is 0 Å². The second-order valence-electron chi connectivity index (χ2n) is 28.2. The molecule has 4 aliphatic rings. The molecule has 16 atom stereocenters. The van der Waals surface area contributed by atoms with E-state index in [4.69, 9.17) is 22.9 Å². The first kappa shape index (κ1) is 88.4. The third kappa shape index (κ3) is 25.3. The van der Waals surface area contributed by atoms with Crippen molar-refractivity contribution < 1.29 is 92.3 Å². The number of nitrogens with two attached hydrogens (primary N) is 4. The number of fused-ring (bicyclic) bond motifs is 4. The van der Waals surface area contributed by atoms with Crippen LogP contribution in [0.5, 0.6) is 0 Å². The van der Waals surface area contributed by atoms with E-state index in [1.54, 1.807) is 58.0 Å². The molecular formula is C70H109N21O19. The van der Waals surface area contributed by atoms with Crippen LogP contribution < -0.4 is 76.1 Å². The van der Waals surface area contributed by atoms with Crippen molar-refractivity contribution in [1.82, 2.24) is 82.9 Å². The summed E-state index contributed by atoms with van der Waals surface area (Å²) in [6.45, 7) is 6.22. The van der Waals surface area contributed by atoms with Crippen molar-refractivity contribution >= 4 is 94.7 Å². The number of aliphatic carboxylic acids is 2. The number of nitrogens with one attached hydrogen (secondary N) is 10. The second kappa shape index (κ2) is 43.1. The molecule has 110 heavy (non-hydrogen) atoms. The lowest BCUT2D eigenvalue weighted by Crippen LogP contribution is -2.62. The van der Waals surface area contributed by atoms with Gasteiger partial charge in [-0.3, -0.25) is 76.8 Å². The Balaban J connectivity index is 1.47. The highest BCUT2D eigenvalue weighted by Gasteiger charge is 2.47. The fourth-order valence-corrected chi connectivity index (χ4v) is 13.5. The van der Waals surface area contributed by atoms with Gasteiger partial charge in [0.25, 0.3) is 0 Å². The number of aliphatic imine (C=N–C) groups is 1. The quantitative estimate of drug-likeness (QED) is 0.0214. The Kier molecular flexibility index (Phi) is 34.6. The molecule has 5 heterocycles. The minimum absolute atomic E-state index is 0.00177. The van der Waals surface area contributed by atoms with Crippen molar-refractivity contribution in [2.75, 3.05) is 45.9 Å². The first-order chi connectivity index (χ1) is 52.3. The first-order valence-electron chi connectivity index (χ1n) is 37.4. The predicted molar refractivity (Wildman–Crippen MR) is 391 cm³/mol. The van der Waals surface area contributed by atoms with Gasteiger partial charge >= 0.3 is 11.9 Å². The highest BCUT2D eigenvalue weighted by atomic mass is 16.4. The molecule has 608 valence electrons. The third-order valence-corrected chi connectivity index (χ3v) is 20.1. The number of aryl methyl sites for hydroxylation is 1. The highest BCUT2D eigenvalue weighted by molar-refractivity contribution is 6.01. The topological polar surface area (TPSA) is 614 Å². The number of benzene rings is 1. The lowest BCUT2D eigenvalue weighted by Gasteiger charge is -2.35. The van der Waals surface area contributed by atoms with Crippen molar-refractivity contribution in [2.24, 2.45) is 39.8 Å². The van der Waals surface area contributed by atoms with Gasteiger partial charge in [0, 0.05) is 51.8 Å². The van der Waals surface area contributed by atoms with Crippen LogP contribution >= 0.6 is 0 Å². The molecule has 0 unspecified atom stereocenters. The van der Waals surface area contributed by atoms with Gasteiger partial charge in [0.1, 0.15) is 78.5 Å². The summed E-state index contributed by atoms with van der Waals surface area (Å²) in [6.07, 6.45) is -0.511. The molecule has 3 fully saturated rings. The van der Waals surface area contributed by atoms with Gasteiger partial charge in [0.15, 0.2) is 5.96 Å². The van der Waals surface area contributed by atoms with E-state index in [9.17, 15) is 78.0 Å². The number of aliphatic hydroxyl groups excluding tert-OH is 2. The van der Waals surface area contributed by atoms with Crippen LogP contribution in [0.25, 0.3) is 0 Å². The Morgan fingerprint density at radius 3 is 1.88 bits per heavy atom. The molecule has 40 nitrogen and oxygen atoms in total. The van der Waals surface area contributed by atoms with E-state index in [1.165, 1.54) is 20.7 Å². The molecule has 2 bridgehead atoms. The molecule has 13 amide bonds. The molecule has 1 aromatic carbocycles. The van der Waals surface area contributed by atoms with Crippen LogP contribution in [-0.2, 0) is 91.3 Å². The zero-order valence-corrected chi connectivity index (χ0v) is 62.7. The van der Waals surface area contributed by atoms with Gasteiger partial charge in [0.2, 0.25) is 76.8 Å². The Hall–Kier alpha value is -10.5. The smallest absolute Gasteiger partial charge is 0.326 e. The van der Waals surface area contributed by atoms with Crippen molar-refractivity contribution in [3.63, 3.8) is 0 Å². The molecule has 22 N–H and O–H groups in total. The average molecular weight is 1550 g/mol. The van der Waals surface area contributed by atoms with E-state index in [0.29, 0.717) is 31.2 Å². The largest absolute Gasteiger partial charge is 0.481 e. The molecule has 40 heteroatoms. The van der Waals surface area contributed by atoms with Gasteiger partial charge in [-0.1, -0.05) is 76.1 Å². The molecule has 0 aliphatic carbocycles. The summed E-state index contributed by atoms with van der Waals surface area (Å²) in [7, 11) is 0. The van der Waals surface area contributed by atoms with Gasteiger partial charge in [-0.25, -0.2) is 4.79 Å². The van der Waals surface area contributed by atoms with Crippen molar-refractivity contribution in [2.45, 2.75) is 235 Å². The number of carboxylic acids is 2. The highest BCUT2D eigenvalue weighted by Crippen LogP contribution is 2.28. The Morgan fingerprint density at radius 1 is 0.645 bits per heavy atom. The zero-order chi connectivity index (χ0) is 81.1. The number of amides is 13. The molecule has 0 saturated carbocycles. The number of nitrogens with zero attached hydrogens (tertiary/aromatic N) is 7. The van der Waals surface area contributed by atoms with E-state index in [-0.39, 0.29) is 115 Å². The minimum atomic E-state index is -1.91. The van der Waals surface area contributed by atoms with Crippen LogP contribution in [0.3, 0.4) is 0 Å². The van der Waals surface area contributed by atoms with Crippen molar-refractivity contribution in [1.29, 1.82) is 0 Å². The molecule has 2 aromatic rings. The average Bonchev–Trinajstić information content (AvgIpc) is 1.60. The molecule has 1 aromatic heterocycles. The van der Waals surface area contributed by atoms with E-state index < -0.39 is 218 Å². The maximum Gasteiger partial charge on any atom is 0.326 e. The SMILES string of the molecule is CC[C@H](C)[C@@H]1NC(=O)[C@@H]2CCCN2C(=O)[C@@H]2CCCN2C(=O)[C@H]([C@@H](C)CC)NC(=O)[C@H](CO)NC(=O)[C@H](CCCCN)NC(=O)[C@H]([C@@H](C)O)NC(=O)[C@@H](NC(=O)[C@H](CCCN=C(N)N)NC(=O)CN)CCn2cc(nn2)C[C@@H](C(=O)N[C@@H](Cc2ccccc2)C(=O)N2CCC[C@H]2C(=O)N[C@@H](CC(=O)O)C(=O)O)NC1=O. The van der Waals surface area contributed by atoms with Gasteiger partial charge in [-0.05, 0) is 108 Å². The summed E-state index contributed by atoms with van der Waals surface area (Å²) in [4.78, 5) is 221. The number of likely N-dealkylation sites (tertiary alicyclic amines) is 1. The number of carboxylic acid groups (broad SMARTS) is 2. The number of rotatable bonds is 28. The number of carbonyl (C=O) groups is 15. The zero-order valence-electron chi connectivity index (χ0n) is 62.7. The maximum atomic E-state index is 15.4. The van der Waals surface area contributed by atoms with E-state index in [1.807, 2.05) is 0 Å². The Morgan fingerprint density at radius 2 is 1.25 bits per heavy atom. The van der Waals surface area contributed by atoms with Gasteiger partial charge in [-0.2, -0.15) is 0 Å². The molecule has 3 saturated heterocycles. The monoisotopic (exact) mass is 1550 g/mol. The maximum absolute atomic E-state index is 15.4. The lowest BCUT2D eigenvalue weighted by molar-refractivity contribution is -0.149. The fraction of sp³-hybridized carbons (Fsp3) is 0.657. The van der Waals surface area contributed by atoms with Gasteiger partial charge < -0.3 is 111 Å². The summed E-state index contributed by atoms with van der Waals surface area (Å²) < 4.78 is 1.18. The standard InChI is InChI=1S/C70H109N21O19/c1-6-37(3)54-64(104)79-45(60(100)80-46(31-40-17-9-8-10-18-40)66(106)89-27-14-21-49(89)62(102)81-47(69(109)110)33-53(95)96)32-41-35-88(87-86-41)30-24-44(77-57(97)42(76-52(94)34-72)20-13-26-75-70(73)74)59(99)85-56(39(5)93)65(105)78-43(19-11-12-25-71)58(98)82-48(36-92)61(101)84-55(38(4)7-2)68(108)91-29-16-23-51(91)67(107)90-28-15-22-50(90)63(103)83-54/h8-10,17-18,35,37-39,42-51,54-56,92-93H,6-7,11-16,19-34,36,71-72H2,1-5H3,(H,76,94)(H,77,97)(H,78,105)(H,79,104)(H,80,100)(H,81,102)(H,82,98)(H,83,103)(H,84,101)(H,85,99)(H,95,96)(H,109,110)(H4,73,74,75)/t37-,38-,39+,42-,43-,44-,45-,46-,47-,48-,49-,50-,51-,54-,55-,56-/m0/s1. The number of carbonyl (C=O) groups excluding carboxylic acids is 13. The Labute approximate surface area is 636 Å². The van der Waals surface area contributed by atoms with E-state index in [0.717, 1.165) is 11.8 Å². The summed E-state index contributed by atoms with van der Waals surface area (Å²) in [6, 6.07) is -11.5. The molecular weight excluding hydrogens is 1440 g/mol. The predicted octanol–water partition coefficient (Wildman–Crippen LogP) is -6.55. The van der Waals surface area contributed by atoms with Crippen LogP contribution in [0.15, 0.2) is 41.5 Å². The molecule has 0 spiro atoms. The number of hydrogen-bond donors (Lipinski definition) is 18. The van der Waals surface area contributed by atoms with Gasteiger partial charge in [0.05, 0.1) is 31.4 Å². The summed E-state index contributed by atoms with van der Waals surface area (Å²) in [5, 5.41) is 75.4. The van der Waals surface area contributed by atoms with E-state index >= 15 is 14.4 Å². The normalized spacial score (nSPS) is 24.6. The van der Waals surface area contributed by atoms with Crippen LogP contribution in [-0.4, -0.2) is 275 Å². The fourth-order valence-electron chi connectivity index (χ4n) is 13.5.